The molecular formula is C7H12O5. The van der Waals surface area contributed by atoms with Crippen molar-refractivity contribution >= 4 is 0 Å². The number of hydrogen-bond acceptors (Lipinski definition) is 5. The van der Waals surface area contributed by atoms with Crippen LogP contribution in [-0.2, 0) is 14.2 Å². The molecule has 4 unspecified atom stereocenters. The summed E-state index contributed by atoms with van der Waals surface area (Å²) in [6.07, 6.45) is -1.80. The Morgan fingerprint density at radius 3 is 2.92 bits per heavy atom. The summed E-state index contributed by atoms with van der Waals surface area (Å²) in [5.41, 5.74) is 0. The van der Waals surface area contributed by atoms with Gasteiger partial charge in [0.2, 0.25) is 0 Å². The number of ether oxygens (including phenoxy) is 3. The van der Waals surface area contributed by atoms with E-state index >= 15 is 0 Å². The van der Waals surface area contributed by atoms with Crippen LogP contribution in [0.2, 0.25) is 0 Å². The van der Waals surface area contributed by atoms with Gasteiger partial charge < -0.3 is 24.4 Å². The Morgan fingerprint density at radius 2 is 2.08 bits per heavy atom. The highest BCUT2D eigenvalue weighted by molar-refractivity contribution is 4.79. The van der Waals surface area contributed by atoms with Crippen molar-refractivity contribution in [1.82, 2.24) is 0 Å². The Labute approximate surface area is 69.8 Å². The molecule has 2 rings (SSSR count). The normalized spacial score (nSPS) is 48.5. The van der Waals surface area contributed by atoms with Gasteiger partial charge in [0.1, 0.15) is 6.79 Å². The van der Waals surface area contributed by atoms with Crippen molar-refractivity contribution in [2.24, 2.45) is 5.92 Å². The van der Waals surface area contributed by atoms with Crippen LogP contribution in [0.3, 0.4) is 0 Å². The second-order valence-corrected chi connectivity index (χ2v) is 3.08. The van der Waals surface area contributed by atoms with Gasteiger partial charge in [-0.1, -0.05) is 0 Å². The van der Waals surface area contributed by atoms with Crippen molar-refractivity contribution in [2.75, 3.05) is 13.4 Å². The fourth-order valence-electron chi connectivity index (χ4n) is 1.53. The van der Waals surface area contributed by atoms with E-state index in [-0.39, 0.29) is 19.1 Å². The van der Waals surface area contributed by atoms with Gasteiger partial charge in [-0.05, 0) is 0 Å². The fourth-order valence-corrected chi connectivity index (χ4v) is 1.53. The van der Waals surface area contributed by atoms with Crippen molar-refractivity contribution in [1.29, 1.82) is 0 Å². The fraction of sp³-hybridized carbons (Fsp3) is 1.00. The molecule has 0 aromatic carbocycles. The summed E-state index contributed by atoms with van der Waals surface area (Å²) in [7, 11) is 0. The molecule has 0 spiro atoms. The maximum Gasteiger partial charge on any atom is 0.171 e. The number of hydrogen-bond donors (Lipinski definition) is 2. The van der Waals surface area contributed by atoms with Crippen LogP contribution in [0.15, 0.2) is 0 Å². The molecule has 12 heavy (non-hydrogen) atoms. The molecule has 2 saturated heterocycles. The summed E-state index contributed by atoms with van der Waals surface area (Å²) < 4.78 is 15.1. The van der Waals surface area contributed by atoms with Crippen LogP contribution in [-0.4, -0.2) is 42.3 Å². The molecule has 0 saturated carbocycles. The maximum absolute atomic E-state index is 9.47. The van der Waals surface area contributed by atoms with E-state index in [1.54, 1.807) is 0 Å². The summed E-state index contributed by atoms with van der Waals surface area (Å²) in [5.74, 6) is -0.165. The Balaban J connectivity index is 2.01. The summed E-state index contributed by atoms with van der Waals surface area (Å²) in [6.45, 7) is 0.596. The van der Waals surface area contributed by atoms with Crippen LogP contribution in [0.1, 0.15) is 6.42 Å². The summed E-state index contributed by atoms with van der Waals surface area (Å²) >= 11 is 0. The summed E-state index contributed by atoms with van der Waals surface area (Å²) in [4.78, 5) is 0. The van der Waals surface area contributed by atoms with E-state index in [2.05, 4.69) is 0 Å². The molecule has 5 nitrogen and oxygen atoms in total. The van der Waals surface area contributed by atoms with Crippen molar-refractivity contribution in [3.05, 3.63) is 0 Å². The largest absolute Gasteiger partial charge is 0.392 e. The van der Waals surface area contributed by atoms with E-state index in [1.165, 1.54) is 0 Å². The zero-order chi connectivity index (χ0) is 8.55. The van der Waals surface area contributed by atoms with Gasteiger partial charge in [-0.2, -0.15) is 0 Å². The van der Waals surface area contributed by atoms with Crippen molar-refractivity contribution in [2.45, 2.75) is 25.1 Å². The first-order chi connectivity index (χ1) is 5.77. The van der Waals surface area contributed by atoms with E-state index in [4.69, 9.17) is 19.3 Å². The minimum Gasteiger partial charge on any atom is -0.392 e. The molecular weight excluding hydrogens is 164 g/mol. The van der Waals surface area contributed by atoms with E-state index in [9.17, 15) is 5.11 Å². The van der Waals surface area contributed by atoms with E-state index in [0.29, 0.717) is 6.61 Å². The zero-order valence-electron chi connectivity index (χ0n) is 6.55. The number of aliphatic hydroxyl groups excluding tert-OH is 2. The quantitative estimate of drug-likeness (QED) is 0.497. The Morgan fingerprint density at radius 1 is 1.25 bits per heavy atom. The lowest BCUT2D eigenvalue weighted by molar-refractivity contribution is -0.343. The maximum atomic E-state index is 9.47. The lowest BCUT2D eigenvalue weighted by atomic mass is 9.97. The lowest BCUT2D eigenvalue weighted by Crippen LogP contribution is -2.50. The minimum atomic E-state index is -0.917. The average Bonchev–Trinajstić information content (AvgIpc) is 2.04. The highest BCUT2D eigenvalue weighted by atomic mass is 16.8. The van der Waals surface area contributed by atoms with Gasteiger partial charge in [-0.25, -0.2) is 0 Å². The van der Waals surface area contributed by atoms with Gasteiger partial charge in [0.15, 0.2) is 12.6 Å². The SMILES string of the molecule is OC1CC(O)C2COCOC2O1. The highest BCUT2D eigenvalue weighted by Crippen LogP contribution is 2.28. The average molecular weight is 176 g/mol. The van der Waals surface area contributed by atoms with Gasteiger partial charge in [0.05, 0.1) is 18.6 Å². The first-order valence-corrected chi connectivity index (χ1v) is 3.98. The van der Waals surface area contributed by atoms with Gasteiger partial charge in [0.25, 0.3) is 0 Å². The molecule has 0 bridgehead atoms. The second kappa shape index (κ2) is 3.27. The van der Waals surface area contributed by atoms with Gasteiger partial charge in [-0.3, -0.25) is 0 Å². The van der Waals surface area contributed by atoms with Gasteiger partial charge >= 0.3 is 0 Å². The molecule has 2 fully saturated rings. The molecule has 0 radical (unpaired) electrons. The van der Waals surface area contributed by atoms with Crippen LogP contribution in [0.25, 0.3) is 0 Å². The molecule has 2 aliphatic rings. The Hall–Kier alpha value is -0.200. The van der Waals surface area contributed by atoms with E-state index in [0.717, 1.165) is 0 Å². The third-order valence-electron chi connectivity index (χ3n) is 2.20. The summed E-state index contributed by atoms with van der Waals surface area (Å²) in [6, 6.07) is 0. The van der Waals surface area contributed by atoms with Crippen LogP contribution < -0.4 is 0 Å². The molecule has 0 aliphatic carbocycles. The molecule has 0 aromatic rings. The zero-order valence-corrected chi connectivity index (χ0v) is 6.55. The van der Waals surface area contributed by atoms with Crippen molar-refractivity contribution in [3.63, 3.8) is 0 Å². The molecule has 4 atom stereocenters. The molecule has 5 heteroatoms. The molecule has 2 aliphatic heterocycles. The highest BCUT2D eigenvalue weighted by Gasteiger charge is 2.40. The predicted molar refractivity (Wildman–Crippen MR) is 36.9 cm³/mol. The van der Waals surface area contributed by atoms with Crippen molar-refractivity contribution in [3.8, 4) is 0 Å². The molecule has 0 amide bonds. The minimum absolute atomic E-state index is 0.165. The first-order valence-electron chi connectivity index (χ1n) is 3.98. The van der Waals surface area contributed by atoms with E-state index < -0.39 is 18.7 Å². The van der Waals surface area contributed by atoms with E-state index in [1.807, 2.05) is 0 Å². The number of fused-ring (bicyclic) bond motifs is 1. The molecule has 70 valence electrons. The Bertz CT molecular complexity index is 162. The van der Waals surface area contributed by atoms with Crippen LogP contribution in [0.4, 0.5) is 0 Å². The molecule has 0 aromatic heterocycles. The van der Waals surface area contributed by atoms with Crippen LogP contribution in [0.5, 0.6) is 0 Å². The third kappa shape index (κ3) is 1.46. The molecule has 2 N–H and O–H groups in total. The third-order valence-corrected chi connectivity index (χ3v) is 2.20. The lowest BCUT2D eigenvalue weighted by Gasteiger charge is -2.39. The van der Waals surface area contributed by atoms with Crippen molar-refractivity contribution < 1.29 is 24.4 Å². The van der Waals surface area contributed by atoms with Gasteiger partial charge in [0, 0.05) is 6.42 Å². The first kappa shape index (κ1) is 8.40. The number of rotatable bonds is 0. The van der Waals surface area contributed by atoms with Crippen LogP contribution in [0, 0.1) is 5.92 Å². The second-order valence-electron chi connectivity index (χ2n) is 3.08. The standard InChI is InChI=1S/C7H12O5/c8-5-1-6(9)12-7-4(5)2-10-3-11-7/h4-9H,1-3H2. The number of aliphatic hydroxyl groups is 2. The van der Waals surface area contributed by atoms with Crippen LogP contribution >= 0.6 is 0 Å². The smallest absolute Gasteiger partial charge is 0.171 e. The molecule has 2 heterocycles. The predicted octanol–water partition coefficient (Wildman–Crippen LogP) is -0.967. The summed E-state index contributed by atoms with van der Waals surface area (Å²) in [5, 5.41) is 18.6. The topological polar surface area (TPSA) is 68.2 Å². The Kier molecular flexibility index (Phi) is 2.29. The van der Waals surface area contributed by atoms with Gasteiger partial charge in [-0.15, -0.1) is 0 Å². The monoisotopic (exact) mass is 176 g/mol.